The number of carbonyl (C=O) groups excluding carboxylic acids is 1. The van der Waals surface area contributed by atoms with Gasteiger partial charge < -0.3 is 24.5 Å². The topological polar surface area (TPSA) is 91.9 Å². The van der Waals surface area contributed by atoms with Crippen molar-refractivity contribution in [2.45, 2.75) is 20.3 Å². The number of aliphatic carboxylic acids is 1. The summed E-state index contributed by atoms with van der Waals surface area (Å²) in [5.74, 6) is -1.07. The van der Waals surface area contributed by atoms with Crippen LogP contribution in [0.5, 0.6) is 5.75 Å². The Morgan fingerprint density at radius 1 is 1.31 bits per heavy atom. The van der Waals surface area contributed by atoms with Crippen molar-refractivity contribution in [2.24, 2.45) is 5.92 Å². The zero-order chi connectivity index (χ0) is 19.1. The first kappa shape index (κ1) is 19.8. The molecule has 1 unspecified atom stereocenters. The van der Waals surface area contributed by atoms with Gasteiger partial charge in [0, 0.05) is 37.2 Å². The second-order valence-electron chi connectivity index (χ2n) is 6.18. The standard InChI is InChI=1S/C19H26N2O5/c1-4-26-9-5-8-21(12-13(2)19(23)24)18(22)17-11-14-10-15(25-3)6-7-16(14)20-17/h6-7,10-11,13,20H,4-5,8-9,12H2,1-3H3,(H,23,24). The van der Waals surface area contributed by atoms with Gasteiger partial charge in [-0.05, 0) is 37.6 Å². The first-order valence-corrected chi connectivity index (χ1v) is 8.72. The first-order valence-electron chi connectivity index (χ1n) is 8.72. The molecule has 7 heteroatoms. The average molecular weight is 362 g/mol. The Morgan fingerprint density at radius 3 is 2.73 bits per heavy atom. The highest BCUT2D eigenvalue weighted by Crippen LogP contribution is 2.22. The van der Waals surface area contributed by atoms with E-state index in [1.54, 1.807) is 25.0 Å². The Morgan fingerprint density at radius 2 is 2.08 bits per heavy atom. The van der Waals surface area contributed by atoms with E-state index in [0.717, 1.165) is 10.9 Å². The van der Waals surface area contributed by atoms with E-state index in [1.165, 1.54) is 0 Å². The molecule has 26 heavy (non-hydrogen) atoms. The quantitative estimate of drug-likeness (QED) is 0.634. The number of benzene rings is 1. The molecular weight excluding hydrogens is 336 g/mol. The number of hydrogen-bond acceptors (Lipinski definition) is 4. The van der Waals surface area contributed by atoms with Crippen molar-refractivity contribution in [1.82, 2.24) is 9.88 Å². The molecule has 7 nitrogen and oxygen atoms in total. The number of H-pyrrole nitrogens is 1. The summed E-state index contributed by atoms with van der Waals surface area (Å²) >= 11 is 0. The summed E-state index contributed by atoms with van der Waals surface area (Å²) in [6.07, 6.45) is 0.653. The number of nitrogens with one attached hydrogen (secondary N) is 1. The lowest BCUT2D eigenvalue weighted by Crippen LogP contribution is -2.38. The van der Waals surface area contributed by atoms with E-state index in [-0.39, 0.29) is 12.5 Å². The van der Waals surface area contributed by atoms with Gasteiger partial charge in [0.25, 0.3) is 5.91 Å². The third-order valence-electron chi connectivity index (χ3n) is 4.18. The van der Waals surface area contributed by atoms with Gasteiger partial charge in [-0.3, -0.25) is 9.59 Å². The Kier molecular flexibility index (Phi) is 7.03. The lowest BCUT2D eigenvalue weighted by Gasteiger charge is -2.24. The SMILES string of the molecule is CCOCCCN(CC(C)C(=O)O)C(=O)c1cc2cc(OC)ccc2[nH]1. The van der Waals surface area contributed by atoms with Crippen LogP contribution in [0, 0.1) is 5.92 Å². The van der Waals surface area contributed by atoms with Crippen molar-refractivity contribution in [3.8, 4) is 5.75 Å². The molecule has 0 fully saturated rings. The van der Waals surface area contributed by atoms with Crippen molar-refractivity contribution in [3.05, 3.63) is 30.0 Å². The molecule has 0 saturated carbocycles. The monoisotopic (exact) mass is 362 g/mol. The molecule has 0 saturated heterocycles. The van der Waals surface area contributed by atoms with Gasteiger partial charge in [-0.2, -0.15) is 0 Å². The van der Waals surface area contributed by atoms with E-state index >= 15 is 0 Å². The predicted octanol–water partition coefficient (Wildman–Crippen LogP) is 2.77. The van der Waals surface area contributed by atoms with E-state index in [4.69, 9.17) is 9.47 Å². The smallest absolute Gasteiger partial charge is 0.308 e. The maximum atomic E-state index is 12.9. The highest BCUT2D eigenvalue weighted by atomic mass is 16.5. The van der Waals surface area contributed by atoms with Crippen LogP contribution < -0.4 is 4.74 Å². The molecule has 0 spiro atoms. The number of ether oxygens (including phenoxy) is 2. The van der Waals surface area contributed by atoms with Crippen molar-refractivity contribution < 1.29 is 24.2 Å². The van der Waals surface area contributed by atoms with Gasteiger partial charge in [-0.1, -0.05) is 6.92 Å². The summed E-state index contributed by atoms with van der Waals surface area (Å²) in [5.41, 5.74) is 1.26. The molecule has 2 aromatic rings. The van der Waals surface area contributed by atoms with Crippen molar-refractivity contribution in [2.75, 3.05) is 33.4 Å². The Labute approximate surface area is 152 Å². The van der Waals surface area contributed by atoms with Crippen LogP contribution in [0.1, 0.15) is 30.8 Å². The van der Waals surface area contributed by atoms with Gasteiger partial charge in [0.05, 0.1) is 13.0 Å². The molecule has 2 N–H and O–H groups in total. The summed E-state index contributed by atoms with van der Waals surface area (Å²) < 4.78 is 10.5. The van der Waals surface area contributed by atoms with Crippen LogP contribution in [-0.2, 0) is 9.53 Å². The summed E-state index contributed by atoms with van der Waals surface area (Å²) in [7, 11) is 1.59. The molecule has 1 aromatic carbocycles. The molecule has 0 bridgehead atoms. The zero-order valence-electron chi connectivity index (χ0n) is 15.4. The third-order valence-corrected chi connectivity index (χ3v) is 4.18. The molecule has 1 atom stereocenters. The molecule has 0 aliphatic rings. The largest absolute Gasteiger partial charge is 0.497 e. The number of carboxylic acid groups (broad SMARTS) is 1. The Balaban J connectivity index is 2.18. The highest BCUT2D eigenvalue weighted by molar-refractivity contribution is 5.98. The fourth-order valence-electron chi connectivity index (χ4n) is 2.71. The fourth-order valence-corrected chi connectivity index (χ4v) is 2.71. The Bertz CT molecular complexity index is 755. The molecule has 1 heterocycles. The maximum Gasteiger partial charge on any atom is 0.308 e. The minimum atomic E-state index is -0.922. The molecular formula is C19H26N2O5. The number of nitrogens with zero attached hydrogens (tertiary/aromatic N) is 1. The molecule has 142 valence electrons. The summed E-state index contributed by atoms with van der Waals surface area (Å²) in [6, 6.07) is 7.28. The summed E-state index contributed by atoms with van der Waals surface area (Å²) in [4.78, 5) is 28.8. The minimum Gasteiger partial charge on any atom is -0.497 e. The highest BCUT2D eigenvalue weighted by Gasteiger charge is 2.22. The number of aromatic nitrogens is 1. The van der Waals surface area contributed by atoms with Crippen LogP contribution in [0.15, 0.2) is 24.3 Å². The van der Waals surface area contributed by atoms with Crippen LogP contribution in [-0.4, -0.2) is 60.3 Å². The van der Waals surface area contributed by atoms with Gasteiger partial charge in [-0.15, -0.1) is 0 Å². The molecule has 0 radical (unpaired) electrons. The first-order chi connectivity index (χ1) is 12.5. The number of carbonyl (C=O) groups is 2. The predicted molar refractivity (Wildman–Crippen MR) is 98.7 cm³/mol. The van der Waals surface area contributed by atoms with E-state index in [0.29, 0.717) is 37.6 Å². The number of rotatable bonds is 10. The number of methoxy groups -OCH3 is 1. The average Bonchev–Trinajstić information content (AvgIpc) is 3.06. The van der Waals surface area contributed by atoms with Crippen molar-refractivity contribution >= 4 is 22.8 Å². The van der Waals surface area contributed by atoms with Gasteiger partial charge in [0.15, 0.2) is 0 Å². The Hall–Kier alpha value is -2.54. The van der Waals surface area contributed by atoms with Gasteiger partial charge in [0.1, 0.15) is 11.4 Å². The molecule has 1 amide bonds. The van der Waals surface area contributed by atoms with Gasteiger partial charge in [0.2, 0.25) is 0 Å². The van der Waals surface area contributed by atoms with Crippen molar-refractivity contribution in [3.63, 3.8) is 0 Å². The maximum absolute atomic E-state index is 12.9. The normalized spacial score (nSPS) is 12.1. The lowest BCUT2D eigenvalue weighted by molar-refractivity contribution is -0.141. The van der Waals surface area contributed by atoms with Crippen LogP contribution in [0.3, 0.4) is 0 Å². The second-order valence-corrected chi connectivity index (χ2v) is 6.18. The van der Waals surface area contributed by atoms with E-state index in [2.05, 4.69) is 4.98 Å². The van der Waals surface area contributed by atoms with E-state index in [1.807, 2.05) is 25.1 Å². The minimum absolute atomic E-state index is 0.152. The van der Waals surface area contributed by atoms with Gasteiger partial charge in [-0.25, -0.2) is 0 Å². The zero-order valence-corrected chi connectivity index (χ0v) is 15.4. The lowest BCUT2D eigenvalue weighted by atomic mass is 10.1. The fraction of sp³-hybridized carbons (Fsp3) is 0.474. The molecule has 1 aromatic heterocycles. The molecule has 2 rings (SSSR count). The number of hydrogen-bond donors (Lipinski definition) is 2. The van der Waals surface area contributed by atoms with Crippen LogP contribution in [0.25, 0.3) is 10.9 Å². The van der Waals surface area contributed by atoms with Crippen LogP contribution in [0.2, 0.25) is 0 Å². The molecule has 0 aliphatic heterocycles. The third kappa shape index (κ3) is 4.98. The van der Waals surface area contributed by atoms with E-state index in [9.17, 15) is 14.7 Å². The molecule has 0 aliphatic carbocycles. The summed E-state index contributed by atoms with van der Waals surface area (Å²) in [6.45, 7) is 5.25. The summed E-state index contributed by atoms with van der Waals surface area (Å²) in [5, 5.41) is 10.0. The van der Waals surface area contributed by atoms with Crippen molar-refractivity contribution in [1.29, 1.82) is 0 Å². The van der Waals surface area contributed by atoms with E-state index < -0.39 is 11.9 Å². The van der Waals surface area contributed by atoms with Gasteiger partial charge >= 0.3 is 5.97 Å². The second kappa shape index (κ2) is 9.24. The van der Waals surface area contributed by atoms with Crippen LogP contribution in [0.4, 0.5) is 0 Å². The number of fused-ring (bicyclic) bond motifs is 1. The van der Waals surface area contributed by atoms with Crippen LogP contribution >= 0.6 is 0 Å². The number of amides is 1. The number of carboxylic acids is 1. The number of aromatic amines is 1.